The summed E-state index contributed by atoms with van der Waals surface area (Å²) in [5.74, 6) is -0.184. The summed E-state index contributed by atoms with van der Waals surface area (Å²) >= 11 is 0. The molecule has 18 heavy (non-hydrogen) atoms. The summed E-state index contributed by atoms with van der Waals surface area (Å²) in [6, 6.07) is 4.02. The summed E-state index contributed by atoms with van der Waals surface area (Å²) in [5, 5.41) is 3.46. The van der Waals surface area contributed by atoms with E-state index >= 15 is 0 Å². The average molecular weight is 255 g/mol. The fourth-order valence-corrected chi connectivity index (χ4v) is 2.05. The summed E-state index contributed by atoms with van der Waals surface area (Å²) in [4.78, 5) is 0. The smallest absolute Gasteiger partial charge is 0.126 e. The second kappa shape index (κ2) is 7.47. The van der Waals surface area contributed by atoms with Gasteiger partial charge in [0.1, 0.15) is 11.6 Å². The Morgan fingerprint density at radius 1 is 1.22 bits per heavy atom. The molecule has 0 aromatic heterocycles. The van der Waals surface area contributed by atoms with Crippen molar-refractivity contribution in [2.75, 3.05) is 6.54 Å². The lowest BCUT2D eigenvalue weighted by atomic mass is 9.96. The van der Waals surface area contributed by atoms with Gasteiger partial charge in [0.25, 0.3) is 0 Å². The zero-order chi connectivity index (χ0) is 13.5. The molecule has 1 aromatic carbocycles. The minimum absolute atomic E-state index is 0.311. The van der Waals surface area contributed by atoms with Crippen molar-refractivity contribution in [3.05, 3.63) is 35.4 Å². The highest BCUT2D eigenvalue weighted by Gasteiger charge is 2.13. The molecular weight excluding hydrogens is 232 g/mol. The second-order valence-corrected chi connectivity index (χ2v) is 5.08. The number of halogens is 2. The Hall–Kier alpha value is -0.960. The summed E-state index contributed by atoms with van der Waals surface area (Å²) in [6.07, 6.45) is 2.48. The van der Waals surface area contributed by atoms with Crippen LogP contribution in [0.25, 0.3) is 0 Å². The van der Waals surface area contributed by atoms with Gasteiger partial charge in [0.2, 0.25) is 0 Å². The second-order valence-electron chi connectivity index (χ2n) is 5.08. The van der Waals surface area contributed by atoms with Crippen LogP contribution in [0.1, 0.15) is 39.2 Å². The van der Waals surface area contributed by atoms with E-state index in [1.54, 1.807) is 0 Å². The van der Waals surface area contributed by atoms with Crippen molar-refractivity contribution in [2.24, 2.45) is 5.92 Å². The van der Waals surface area contributed by atoms with Gasteiger partial charge in [0.05, 0.1) is 0 Å². The maximum absolute atomic E-state index is 13.5. The van der Waals surface area contributed by atoms with Crippen molar-refractivity contribution in [3.63, 3.8) is 0 Å². The third kappa shape index (κ3) is 4.73. The fraction of sp³-hybridized carbons (Fsp3) is 0.600. The first kappa shape index (κ1) is 15.1. The number of hydrogen-bond acceptors (Lipinski definition) is 1. The molecule has 102 valence electrons. The molecule has 1 aromatic rings. The van der Waals surface area contributed by atoms with Crippen molar-refractivity contribution in [1.29, 1.82) is 0 Å². The van der Waals surface area contributed by atoms with Crippen molar-refractivity contribution in [2.45, 2.75) is 46.1 Å². The SMILES string of the molecule is CCCNC(CCc1cc(F)ccc1F)C(C)C. The molecule has 0 aliphatic carbocycles. The summed E-state index contributed by atoms with van der Waals surface area (Å²) < 4.78 is 26.5. The summed E-state index contributed by atoms with van der Waals surface area (Å²) in [6.45, 7) is 7.38. The lowest BCUT2D eigenvalue weighted by Crippen LogP contribution is -2.34. The Bertz CT molecular complexity index is 364. The summed E-state index contributed by atoms with van der Waals surface area (Å²) in [5.41, 5.74) is 0.471. The van der Waals surface area contributed by atoms with Crippen LogP contribution in [0, 0.1) is 17.6 Å². The molecule has 0 aliphatic rings. The van der Waals surface area contributed by atoms with Crippen LogP contribution in [-0.2, 0) is 6.42 Å². The van der Waals surface area contributed by atoms with E-state index in [0.29, 0.717) is 23.9 Å². The van der Waals surface area contributed by atoms with Gasteiger partial charge in [-0.1, -0.05) is 20.8 Å². The van der Waals surface area contributed by atoms with E-state index in [9.17, 15) is 8.78 Å². The van der Waals surface area contributed by atoms with Crippen LogP contribution in [0.15, 0.2) is 18.2 Å². The Labute approximate surface area is 109 Å². The van der Waals surface area contributed by atoms with Crippen LogP contribution in [0.4, 0.5) is 8.78 Å². The number of benzene rings is 1. The predicted molar refractivity (Wildman–Crippen MR) is 71.6 cm³/mol. The van der Waals surface area contributed by atoms with Crippen molar-refractivity contribution in [1.82, 2.24) is 5.32 Å². The van der Waals surface area contributed by atoms with Crippen molar-refractivity contribution in [3.8, 4) is 0 Å². The summed E-state index contributed by atoms with van der Waals surface area (Å²) in [7, 11) is 0. The van der Waals surface area contributed by atoms with Crippen LogP contribution >= 0.6 is 0 Å². The molecule has 0 amide bonds. The van der Waals surface area contributed by atoms with E-state index in [0.717, 1.165) is 25.5 Å². The monoisotopic (exact) mass is 255 g/mol. The van der Waals surface area contributed by atoms with E-state index in [1.807, 2.05) is 0 Å². The zero-order valence-electron chi connectivity index (χ0n) is 11.5. The molecule has 0 heterocycles. The highest BCUT2D eigenvalue weighted by molar-refractivity contribution is 5.18. The van der Waals surface area contributed by atoms with Gasteiger partial charge in [0.15, 0.2) is 0 Å². The van der Waals surface area contributed by atoms with Crippen molar-refractivity contribution < 1.29 is 8.78 Å². The Kier molecular flexibility index (Phi) is 6.27. The van der Waals surface area contributed by atoms with Gasteiger partial charge < -0.3 is 5.32 Å². The third-order valence-corrected chi connectivity index (χ3v) is 3.19. The zero-order valence-corrected chi connectivity index (χ0v) is 11.5. The van der Waals surface area contributed by atoms with Crippen LogP contribution in [0.5, 0.6) is 0 Å². The van der Waals surface area contributed by atoms with Gasteiger partial charge in [-0.15, -0.1) is 0 Å². The van der Waals surface area contributed by atoms with Gasteiger partial charge in [-0.2, -0.15) is 0 Å². The molecule has 1 rings (SSSR count). The molecule has 0 radical (unpaired) electrons. The first-order valence-corrected chi connectivity index (χ1v) is 6.72. The largest absolute Gasteiger partial charge is 0.314 e. The minimum Gasteiger partial charge on any atom is -0.314 e. The normalized spacial score (nSPS) is 13.0. The average Bonchev–Trinajstić information content (AvgIpc) is 2.33. The minimum atomic E-state index is -0.367. The van der Waals surface area contributed by atoms with Gasteiger partial charge in [-0.25, -0.2) is 8.78 Å². The predicted octanol–water partition coefficient (Wildman–Crippen LogP) is 3.92. The van der Waals surface area contributed by atoms with E-state index in [1.165, 1.54) is 12.1 Å². The highest BCUT2D eigenvalue weighted by atomic mass is 19.1. The number of aryl methyl sites for hydroxylation is 1. The van der Waals surface area contributed by atoms with Gasteiger partial charge in [-0.3, -0.25) is 0 Å². The quantitative estimate of drug-likeness (QED) is 0.778. The molecule has 0 saturated heterocycles. The molecule has 1 atom stereocenters. The lowest BCUT2D eigenvalue weighted by molar-refractivity contribution is 0.376. The van der Waals surface area contributed by atoms with Crippen molar-refractivity contribution >= 4 is 0 Å². The molecule has 1 nitrogen and oxygen atoms in total. The highest BCUT2D eigenvalue weighted by Crippen LogP contribution is 2.15. The first-order chi connectivity index (χ1) is 8.54. The van der Waals surface area contributed by atoms with Gasteiger partial charge >= 0.3 is 0 Å². The first-order valence-electron chi connectivity index (χ1n) is 6.72. The fourth-order valence-electron chi connectivity index (χ4n) is 2.05. The van der Waals surface area contributed by atoms with E-state index in [-0.39, 0.29) is 11.6 Å². The standard InChI is InChI=1S/C15H23F2N/c1-4-9-18-15(11(2)3)8-5-12-10-13(16)6-7-14(12)17/h6-7,10-11,15,18H,4-5,8-9H2,1-3H3. The van der Waals surface area contributed by atoms with Crippen LogP contribution in [-0.4, -0.2) is 12.6 Å². The molecule has 1 unspecified atom stereocenters. The number of hydrogen-bond donors (Lipinski definition) is 1. The van der Waals surface area contributed by atoms with Crippen LogP contribution in [0.2, 0.25) is 0 Å². The van der Waals surface area contributed by atoms with Crippen LogP contribution in [0.3, 0.4) is 0 Å². The Morgan fingerprint density at radius 2 is 1.94 bits per heavy atom. The molecule has 0 fully saturated rings. The maximum Gasteiger partial charge on any atom is 0.126 e. The van der Waals surface area contributed by atoms with Gasteiger partial charge in [-0.05, 0) is 55.5 Å². The number of rotatable bonds is 7. The van der Waals surface area contributed by atoms with E-state index in [4.69, 9.17) is 0 Å². The lowest BCUT2D eigenvalue weighted by Gasteiger charge is -2.22. The molecule has 0 saturated carbocycles. The Balaban J connectivity index is 2.58. The topological polar surface area (TPSA) is 12.0 Å². The molecule has 0 aliphatic heterocycles. The molecule has 0 spiro atoms. The molecular formula is C15H23F2N. The third-order valence-electron chi connectivity index (χ3n) is 3.19. The Morgan fingerprint density at radius 3 is 2.56 bits per heavy atom. The van der Waals surface area contributed by atoms with E-state index in [2.05, 4.69) is 26.1 Å². The maximum atomic E-state index is 13.5. The van der Waals surface area contributed by atoms with Gasteiger partial charge in [0, 0.05) is 6.04 Å². The van der Waals surface area contributed by atoms with E-state index < -0.39 is 0 Å². The van der Waals surface area contributed by atoms with Crippen LogP contribution < -0.4 is 5.32 Å². The molecule has 3 heteroatoms. The molecule has 1 N–H and O–H groups in total. The molecule has 0 bridgehead atoms. The number of nitrogens with one attached hydrogen (secondary N) is 1.